The van der Waals surface area contributed by atoms with Gasteiger partial charge in [-0.2, -0.15) is 0 Å². The first kappa shape index (κ1) is 18.9. The summed E-state index contributed by atoms with van der Waals surface area (Å²) in [4.78, 5) is 32.9. The molecular weight excluding hydrogens is 344 g/mol. The Morgan fingerprint density at radius 2 is 1.88 bits per heavy atom. The van der Waals surface area contributed by atoms with Crippen LogP contribution >= 0.6 is 0 Å². The van der Waals surface area contributed by atoms with Gasteiger partial charge in [-0.05, 0) is 42.3 Å². The number of esters is 1. The van der Waals surface area contributed by atoms with Crippen LogP contribution in [0, 0.1) is 10.1 Å². The minimum Gasteiger partial charge on any atom is -0.480 e. The predicted molar refractivity (Wildman–Crippen MR) is 90.3 cm³/mol. The number of nitro groups is 1. The normalized spacial score (nSPS) is 11.5. The van der Waals surface area contributed by atoms with Crippen LogP contribution < -0.4 is 10.5 Å². The van der Waals surface area contributed by atoms with E-state index in [1.54, 1.807) is 0 Å². The fourth-order valence-corrected chi connectivity index (χ4v) is 2.16. The molecular formula is C17H16N2O7. The van der Waals surface area contributed by atoms with Crippen molar-refractivity contribution in [1.29, 1.82) is 0 Å². The van der Waals surface area contributed by atoms with Crippen LogP contribution in [-0.2, 0) is 16.0 Å². The molecule has 0 saturated carbocycles. The van der Waals surface area contributed by atoms with Gasteiger partial charge in [-0.1, -0.05) is 6.07 Å². The number of carboxylic acid groups (broad SMARTS) is 1. The van der Waals surface area contributed by atoms with Gasteiger partial charge in [-0.25, -0.2) is 4.79 Å². The van der Waals surface area contributed by atoms with Crippen molar-refractivity contribution in [3.63, 3.8) is 0 Å². The quantitative estimate of drug-likeness (QED) is 0.434. The second-order valence-electron chi connectivity index (χ2n) is 5.33. The molecule has 0 amide bonds. The molecule has 2 aromatic carbocycles. The summed E-state index contributed by atoms with van der Waals surface area (Å²) in [5, 5.41) is 20.1. The Bertz CT molecular complexity index is 834. The molecule has 0 fully saturated rings. The number of methoxy groups -OCH3 is 1. The fourth-order valence-electron chi connectivity index (χ4n) is 2.16. The van der Waals surface area contributed by atoms with Crippen molar-refractivity contribution in [3.8, 4) is 11.5 Å². The Hall–Kier alpha value is -3.46. The number of nitrogens with zero attached hydrogens (tertiary/aromatic N) is 1. The first-order chi connectivity index (χ1) is 12.3. The van der Waals surface area contributed by atoms with Crippen LogP contribution in [0.1, 0.15) is 15.9 Å². The van der Waals surface area contributed by atoms with Crippen LogP contribution in [-0.4, -0.2) is 35.1 Å². The smallest absolute Gasteiger partial charge is 0.337 e. The number of ether oxygens (including phenoxy) is 2. The molecule has 1 atom stereocenters. The number of carbonyl (C=O) groups excluding carboxylic acids is 1. The molecule has 0 bridgehead atoms. The number of rotatable bonds is 7. The first-order valence-electron chi connectivity index (χ1n) is 7.43. The highest BCUT2D eigenvalue weighted by Gasteiger charge is 2.19. The third-order valence-corrected chi connectivity index (χ3v) is 3.50. The van der Waals surface area contributed by atoms with Gasteiger partial charge < -0.3 is 20.3 Å². The number of aliphatic carboxylic acids is 1. The Labute approximate surface area is 148 Å². The van der Waals surface area contributed by atoms with Crippen molar-refractivity contribution in [1.82, 2.24) is 0 Å². The van der Waals surface area contributed by atoms with E-state index in [1.807, 2.05) is 0 Å². The lowest BCUT2D eigenvalue weighted by Crippen LogP contribution is -2.32. The second kappa shape index (κ2) is 8.08. The Morgan fingerprint density at radius 1 is 1.23 bits per heavy atom. The maximum absolute atomic E-state index is 11.4. The molecule has 0 saturated heterocycles. The van der Waals surface area contributed by atoms with Gasteiger partial charge in [0, 0.05) is 6.07 Å². The van der Waals surface area contributed by atoms with Gasteiger partial charge in [0.05, 0.1) is 17.6 Å². The van der Waals surface area contributed by atoms with Gasteiger partial charge in [-0.3, -0.25) is 14.9 Å². The van der Waals surface area contributed by atoms with Crippen molar-refractivity contribution in [2.45, 2.75) is 12.5 Å². The third kappa shape index (κ3) is 4.54. The molecule has 0 aliphatic carbocycles. The summed E-state index contributed by atoms with van der Waals surface area (Å²) >= 11 is 0. The summed E-state index contributed by atoms with van der Waals surface area (Å²) in [5.41, 5.74) is 5.84. The average Bonchev–Trinajstić information content (AvgIpc) is 2.62. The molecule has 0 aliphatic heterocycles. The number of carbonyl (C=O) groups is 2. The molecule has 9 heteroatoms. The summed E-state index contributed by atoms with van der Waals surface area (Å²) in [6, 6.07) is 8.83. The molecule has 2 rings (SSSR count). The first-order valence-corrected chi connectivity index (χ1v) is 7.43. The van der Waals surface area contributed by atoms with E-state index in [4.69, 9.17) is 15.6 Å². The molecule has 0 heterocycles. The van der Waals surface area contributed by atoms with Crippen molar-refractivity contribution >= 4 is 17.6 Å². The van der Waals surface area contributed by atoms with Crippen LogP contribution in [0.3, 0.4) is 0 Å². The van der Waals surface area contributed by atoms with Crippen LogP contribution in [0.4, 0.5) is 5.69 Å². The predicted octanol–water partition coefficient (Wildman–Crippen LogP) is 2.13. The lowest BCUT2D eigenvalue weighted by molar-refractivity contribution is -0.385. The molecule has 3 N–H and O–H groups in total. The van der Waals surface area contributed by atoms with E-state index in [0.29, 0.717) is 11.1 Å². The maximum atomic E-state index is 11.4. The zero-order valence-corrected chi connectivity index (χ0v) is 13.7. The second-order valence-corrected chi connectivity index (χ2v) is 5.33. The lowest BCUT2D eigenvalue weighted by atomic mass is 10.1. The molecule has 9 nitrogen and oxygen atoms in total. The summed E-state index contributed by atoms with van der Waals surface area (Å²) < 4.78 is 10.1. The van der Waals surface area contributed by atoms with Gasteiger partial charge in [0.15, 0.2) is 0 Å². The minimum atomic E-state index is -1.20. The van der Waals surface area contributed by atoms with Crippen LogP contribution in [0.15, 0.2) is 42.5 Å². The summed E-state index contributed by atoms with van der Waals surface area (Å²) in [7, 11) is 1.26. The van der Waals surface area contributed by atoms with Crippen molar-refractivity contribution < 1.29 is 29.1 Å². The number of nitro benzene ring substituents is 1. The van der Waals surface area contributed by atoms with Gasteiger partial charge in [0.25, 0.3) is 0 Å². The Balaban J connectivity index is 2.24. The van der Waals surface area contributed by atoms with E-state index in [9.17, 15) is 19.7 Å². The SMILES string of the molecule is COC(=O)c1ccc(Oc2ccc(CC(N)C(=O)O)cc2[N+](=O)[O-])cc1. The van der Waals surface area contributed by atoms with Crippen LogP contribution in [0.5, 0.6) is 11.5 Å². The van der Waals surface area contributed by atoms with Crippen LogP contribution in [0.25, 0.3) is 0 Å². The molecule has 0 radical (unpaired) electrons. The zero-order chi connectivity index (χ0) is 19.3. The summed E-state index contributed by atoms with van der Waals surface area (Å²) in [6.45, 7) is 0. The Kier molecular flexibility index (Phi) is 5.86. The molecule has 1 unspecified atom stereocenters. The van der Waals surface area contributed by atoms with Crippen molar-refractivity contribution in [2.75, 3.05) is 7.11 Å². The fraction of sp³-hybridized carbons (Fsp3) is 0.176. The standard InChI is InChI=1S/C17H16N2O7/c1-25-17(22)11-3-5-12(6-4-11)26-15-7-2-10(8-13(18)16(20)21)9-14(15)19(23)24/h2-7,9,13H,8,18H2,1H3,(H,20,21). The van der Waals surface area contributed by atoms with Gasteiger partial charge in [-0.15, -0.1) is 0 Å². The third-order valence-electron chi connectivity index (χ3n) is 3.50. The number of carboxylic acids is 1. The highest BCUT2D eigenvalue weighted by atomic mass is 16.6. The Morgan fingerprint density at radius 3 is 2.42 bits per heavy atom. The van der Waals surface area contributed by atoms with E-state index >= 15 is 0 Å². The summed E-state index contributed by atoms with van der Waals surface area (Å²) in [6.07, 6.45) is -0.0513. The van der Waals surface area contributed by atoms with E-state index in [2.05, 4.69) is 4.74 Å². The maximum Gasteiger partial charge on any atom is 0.337 e. The average molecular weight is 360 g/mol. The molecule has 0 spiro atoms. The van der Waals surface area contributed by atoms with E-state index in [0.717, 1.165) is 0 Å². The molecule has 2 aromatic rings. The zero-order valence-electron chi connectivity index (χ0n) is 13.7. The molecule has 136 valence electrons. The number of hydrogen-bond donors (Lipinski definition) is 2. The minimum absolute atomic E-state index is 0.0199. The van der Waals surface area contributed by atoms with Crippen molar-refractivity contribution in [2.24, 2.45) is 5.73 Å². The van der Waals surface area contributed by atoms with E-state index in [1.165, 1.54) is 49.6 Å². The number of benzene rings is 2. The van der Waals surface area contributed by atoms with E-state index < -0.39 is 22.9 Å². The highest BCUT2D eigenvalue weighted by Crippen LogP contribution is 2.32. The van der Waals surface area contributed by atoms with Crippen LogP contribution in [0.2, 0.25) is 0 Å². The highest BCUT2D eigenvalue weighted by molar-refractivity contribution is 5.89. The van der Waals surface area contributed by atoms with Gasteiger partial charge in [0.1, 0.15) is 11.8 Å². The summed E-state index contributed by atoms with van der Waals surface area (Å²) in [5.74, 6) is -1.44. The molecule has 26 heavy (non-hydrogen) atoms. The van der Waals surface area contributed by atoms with Gasteiger partial charge in [0.2, 0.25) is 5.75 Å². The topological polar surface area (TPSA) is 142 Å². The monoisotopic (exact) mass is 360 g/mol. The number of hydrogen-bond acceptors (Lipinski definition) is 7. The lowest BCUT2D eigenvalue weighted by Gasteiger charge is -2.10. The molecule has 0 aromatic heterocycles. The number of nitrogens with two attached hydrogens (primary N) is 1. The molecule has 0 aliphatic rings. The van der Waals surface area contributed by atoms with Gasteiger partial charge >= 0.3 is 17.6 Å². The van der Waals surface area contributed by atoms with E-state index in [-0.39, 0.29) is 23.6 Å². The largest absolute Gasteiger partial charge is 0.480 e. The van der Waals surface area contributed by atoms with Crippen molar-refractivity contribution in [3.05, 3.63) is 63.7 Å².